The smallest absolute Gasteiger partial charge is 0.337 e. The number of carboxylic acid groups (broad SMARTS) is 1. The third kappa shape index (κ3) is 4.35. The van der Waals surface area contributed by atoms with E-state index in [1.165, 1.54) is 0 Å². The minimum Gasteiger partial charge on any atom is -0.479 e. The standard InChI is InChI=1S/C25H32N4O3/c1-16-20(21(23(30)31)32-24(2,3)4)22(28-13-12-25(5,6)15-28)29-19(26-16)14-18(27-29)17-10-8-7-9-11-17/h7-11,14,21H,12-13,15H2,1-6H3,(H,30,31). The van der Waals surface area contributed by atoms with Crippen molar-refractivity contribution >= 4 is 17.4 Å². The monoisotopic (exact) mass is 436 g/mol. The van der Waals surface area contributed by atoms with Crippen molar-refractivity contribution in [2.75, 3.05) is 18.0 Å². The first kappa shape index (κ1) is 22.3. The van der Waals surface area contributed by atoms with Gasteiger partial charge in [0.25, 0.3) is 0 Å². The number of hydrogen-bond acceptors (Lipinski definition) is 5. The molecule has 7 heteroatoms. The fourth-order valence-corrected chi connectivity index (χ4v) is 4.36. The summed E-state index contributed by atoms with van der Waals surface area (Å²) in [6.45, 7) is 13.5. The highest BCUT2D eigenvalue weighted by atomic mass is 16.5. The molecular formula is C25H32N4O3. The second-order valence-electron chi connectivity index (χ2n) is 10.4. The molecule has 0 saturated carbocycles. The topological polar surface area (TPSA) is 80.0 Å². The summed E-state index contributed by atoms with van der Waals surface area (Å²) in [4.78, 5) is 19.4. The van der Waals surface area contributed by atoms with Crippen LogP contribution in [-0.2, 0) is 9.53 Å². The van der Waals surface area contributed by atoms with Crippen LogP contribution >= 0.6 is 0 Å². The molecule has 0 spiro atoms. The first-order valence-electron chi connectivity index (χ1n) is 11.1. The highest BCUT2D eigenvalue weighted by Gasteiger charge is 2.38. The van der Waals surface area contributed by atoms with Crippen molar-refractivity contribution in [1.29, 1.82) is 0 Å². The molecule has 0 aliphatic carbocycles. The van der Waals surface area contributed by atoms with Gasteiger partial charge in [-0.15, -0.1) is 0 Å². The number of aryl methyl sites for hydroxylation is 1. The molecule has 0 amide bonds. The number of aromatic nitrogens is 3. The van der Waals surface area contributed by atoms with Gasteiger partial charge in [-0.05, 0) is 39.5 Å². The van der Waals surface area contributed by atoms with E-state index in [0.29, 0.717) is 16.9 Å². The maximum Gasteiger partial charge on any atom is 0.337 e. The minimum atomic E-state index is -1.14. The zero-order valence-corrected chi connectivity index (χ0v) is 19.7. The van der Waals surface area contributed by atoms with E-state index < -0.39 is 17.7 Å². The van der Waals surface area contributed by atoms with Gasteiger partial charge < -0.3 is 14.7 Å². The van der Waals surface area contributed by atoms with E-state index in [1.807, 2.05) is 64.1 Å². The van der Waals surface area contributed by atoms with Gasteiger partial charge in [0.1, 0.15) is 5.82 Å². The van der Waals surface area contributed by atoms with Crippen LogP contribution in [0.2, 0.25) is 0 Å². The SMILES string of the molecule is Cc1nc2cc(-c3ccccc3)nn2c(N2CCC(C)(C)C2)c1C(OC(C)(C)C)C(=O)O. The molecule has 0 bridgehead atoms. The van der Waals surface area contributed by atoms with Crippen molar-refractivity contribution in [3.63, 3.8) is 0 Å². The molecule has 1 atom stereocenters. The molecule has 3 heterocycles. The van der Waals surface area contributed by atoms with Gasteiger partial charge in [-0.1, -0.05) is 44.2 Å². The number of anilines is 1. The number of benzene rings is 1. The van der Waals surface area contributed by atoms with Gasteiger partial charge in [-0.25, -0.2) is 9.78 Å². The maximum atomic E-state index is 12.4. The summed E-state index contributed by atoms with van der Waals surface area (Å²) in [5.74, 6) is -0.267. The Morgan fingerprint density at radius 3 is 2.47 bits per heavy atom. The Bertz CT molecular complexity index is 1150. The molecule has 3 aromatic rings. The maximum absolute atomic E-state index is 12.4. The summed E-state index contributed by atoms with van der Waals surface area (Å²) < 4.78 is 7.85. The van der Waals surface area contributed by atoms with Crippen molar-refractivity contribution < 1.29 is 14.6 Å². The van der Waals surface area contributed by atoms with Gasteiger partial charge in [0.15, 0.2) is 11.8 Å². The molecule has 170 valence electrons. The average Bonchev–Trinajstić information content (AvgIpc) is 3.28. The van der Waals surface area contributed by atoms with Crippen LogP contribution in [0.15, 0.2) is 36.4 Å². The predicted molar refractivity (Wildman–Crippen MR) is 125 cm³/mol. The molecule has 1 N–H and O–H groups in total. The van der Waals surface area contributed by atoms with Gasteiger partial charge in [0.2, 0.25) is 0 Å². The lowest BCUT2D eigenvalue weighted by molar-refractivity contribution is -0.160. The van der Waals surface area contributed by atoms with Crippen molar-refractivity contribution in [3.05, 3.63) is 47.7 Å². The summed E-state index contributed by atoms with van der Waals surface area (Å²) in [6, 6.07) is 11.9. The summed E-state index contributed by atoms with van der Waals surface area (Å²) in [5.41, 5.74) is 3.20. The first-order chi connectivity index (χ1) is 15.0. The van der Waals surface area contributed by atoms with Gasteiger partial charge in [-0.2, -0.15) is 9.61 Å². The lowest BCUT2D eigenvalue weighted by Crippen LogP contribution is -2.32. The van der Waals surface area contributed by atoms with Crippen molar-refractivity contribution in [2.45, 2.75) is 59.7 Å². The molecular weight excluding hydrogens is 404 g/mol. The fourth-order valence-electron chi connectivity index (χ4n) is 4.36. The van der Waals surface area contributed by atoms with E-state index in [1.54, 1.807) is 4.52 Å². The lowest BCUT2D eigenvalue weighted by Gasteiger charge is -2.30. The molecule has 1 aliphatic heterocycles. The number of ether oxygens (including phenoxy) is 1. The summed E-state index contributed by atoms with van der Waals surface area (Å²) >= 11 is 0. The van der Waals surface area contributed by atoms with Gasteiger partial charge in [-0.3, -0.25) is 0 Å². The molecule has 2 aromatic heterocycles. The van der Waals surface area contributed by atoms with E-state index in [0.717, 1.165) is 36.6 Å². The molecule has 1 aromatic carbocycles. The van der Waals surface area contributed by atoms with Gasteiger partial charge >= 0.3 is 5.97 Å². The first-order valence-corrected chi connectivity index (χ1v) is 11.1. The zero-order valence-electron chi connectivity index (χ0n) is 19.7. The Morgan fingerprint density at radius 2 is 1.91 bits per heavy atom. The third-order valence-corrected chi connectivity index (χ3v) is 5.81. The number of nitrogens with zero attached hydrogens (tertiary/aromatic N) is 4. The van der Waals surface area contributed by atoms with Crippen LogP contribution in [0, 0.1) is 12.3 Å². The average molecular weight is 437 g/mol. The number of carboxylic acids is 1. The Morgan fingerprint density at radius 1 is 1.22 bits per heavy atom. The zero-order chi connectivity index (χ0) is 23.3. The second-order valence-corrected chi connectivity index (χ2v) is 10.4. The van der Waals surface area contributed by atoms with Crippen LogP contribution in [0.4, 0.5) is 5.82 Å². The Labute approximate surface area is 189 Å². The number of aliphatic carboxylic acids is 1. The largest absolute Gasteiger partial charge is 0.479 e. The van der Waals surface area contributed by atoms with Crippen LogP contribution in [-0.4, -0.2) is 44.4 Å². The van der Waals surface area contributed by atoms with Crippen LogP contribution in [0.3, 0.4) is 0 Å². The highest BCUT2D eigenvalue weighted by molar-refractivity contribution is 5.79. The van der Waals surface area contributed by atoms with Gasteiger partial charge in [0, 0.05) is 30.4 Å². The van der Waals surface area contributed by atoms with Crippen LogP contribution < -0.4 is 4.90 Å². The van der Waals surface area contributed by atoms with E-state index in [4.69, 9.17) is 14.8 Å². The van der Waals surface area contributed by atoms with E-state index in [-0.39, 0.29) is 5.41 Å². The Kier molecular flexibility index (Phi) is 5.49. The molecule has 7 nitrogen and oxygen atoms in total. The summed E-state index contributed by atoms with van der Waals surface area (Å²) in [6.07, 6.45) is -0.130. The molecule has 0 radical (unpaired) electrons. The molecule has 1 unspecified atom stereocenters. The van der Waals surface area contributed by atoms with E-state index in [2.05, 4.69) is 18.7 Å². The molecule has 1 saturated heterocycles. The second kappa shape index (κ2) is 7.89. The third-order valence-electron chi connectivity index (χ3n) is 5.81. The Balaban J connectivity index is 1.97. The van der Waals surface area contributed by atoms with E-state index in [9.17, 15) is 9.90 Å². The van der Waals surface area contributed by atoms with Crippen molar-refractivity contribution in [2.24, 2.45) is 5.41 Å². The Hall–Kier alpha value is -2.93. The lowest BCUT2D eigenvalue weighted by atomic mass is 9.93. The van der Waals surface area contributed by atoms with Crippen LogP contribution in [0.25, 0.3) is 16.9 Å². The van der Waals surface area contributed by atoms with Crippen molar-refractivity contribution in [3.8, 4) is 11.3 Å². The van der Waals surface area contributed by atoms with E-state index >= 15 is 0 Å². The highest BCUT2D eigenvalue weighted by Crippen LogP contribution is 2.39. The van der Waals surface area contributed by atoms with Crippen LogP contribution in [0.5, 0.6) is 0 Å². The number of rotatable bonds is 5. The van der Waals surface area contributed by atoms with Gasteiger partial charge in [0.05, 0.1) is 16.9 Å². The number of hydrogen-bond donors (Lipinski definition) is 1. The van der Waals surface area contributed by atoms with Crippen molar-refractivity contribution in [1.82, 2.24) is 14.6 Å². The molecule has 1 fully saturated rings. The molecule has 32 heavy (non-hydrogen) atoms. The molecule has 4 rings (SSSR count). The summed E-state index contributed by atoms with van der Waals surface area (Å²) in [7, 11) is 0. The molecule has 1 aliphatic rings. The normalized spacial score (nSPS) is 17.1. The number of carbonyl (C=O) groups is 1. The quantitative estimate of drug-likeness (QED) is 0.614. The minimum absolute atomic E-state index is 0.125. The van der Waals surface area contributed by atoms with Crippen LogP contribution in [0.1, 0.15) is 58.4 Å². The fraction of sp³-hybridized carbons (Fsp3) is 0.480. The predicted octanol–water partition coefficient (Wildman–Crippen LogP) is 4.88. The number of fused-ring (bicyclic) bond motifs is 1. The summed E-state index contributed by atoms with van der Waals surface area (Å²) in [5, 5.41) is 15.0.